The summed E-state index contributed by atoms with van der Waals surface area (Å²) in [5, 5.41) is 0. The maximum atomic E-state index is 12.4. The number of aldehydes is 1. The summed E-state index contributed by atoms with van der Waals surface area (Å²) in [6.07, 6.45) is 4.75. The largest absolute Gasteiger partial charge is 0.342 e. The van der Waals surface area contributed by atoms with Crippen LogP contribution in [0.4, 0.5) is 0 Å². The van der Waals surface area contributed by atoms with Crippen molar-refractivity contribution >= 4 is 17.8 Å². The molecular weight excluding hydrogens is 254 g/mol. The van der Waals surface area contributed by atoms with Gasteiger partial charge in [-0.1, -0.05) is 6.07 Å². The number of likely N-dealkylation sites (tertiary alicyclic amines) is 1. The highest BCUT2D eigenvalue weighted by molar-refractivity contribution is 5.83. The lowest BCUT2D eigenvalue weighted by molar-refractivity contribution is -0.131. The molecule has 0 bridgehead atoms. The van der Waals surface area contributed by atoms with Crippen LogP contribution in [-0.4, -0.2) is 39.6 Å². The van der Waals surface area contributed by atoms with Gasteiger partial charge in [-0.05, 0) is 31.9 Å². The van der Waals surface area contributed by atoms with Crippen molar-refractivity contribution in [1.29, 1.82) is 0 Å². The Morgan fingerprint density at radius 1 is 1.35 bits per heavy atom. The Hall–Kier alpha value is -2.17. The van der Waals surface area contributed by atoms with Crippen LogP contribution in [0.15, 0.2) is 24.4 Å². The molecule has 1 unspecified atom stereocenters. The normalized spacial score (nSPS) is 16.6. The quantitative estimate of drug-likeness (QED) is 0.801. The van der Waals surface area contributed by atoms with E-state index >= 15 is 0 Å². The van der Waals surface area contributed by atoms with Gasteiger partial charge in [-0.3, -0.25) is 14.0 Å². The third-order valence-corrected chi connectivity index (χ3v) is 3.89. The molecule has 5 heteroatoms. The van der Waals surface area contributed by atoms with Crippen LogP contribution in [0.25, 0.3) is 5.65 Å². The van der Waals surface area contributed by atoms with E-state index in [9.17, 15) is 9.59 Å². The highest BCUT2D eigenvalue weighted by atomic mass is 16.2. The first-order valence-electron chi connectivity index (χ1n) is 6.92. The number of rotatable bonds is 3. The van der Waals surface area contributed by atoms with Gasteiger partial charge in [0.2, 0.25) is 5.91 Å². The van der Waals surface area contributed by atoms with E-state index in [1.807, 2.05) is 17.9 Å². The van der Waals surface area contributed by atoms with Gasteiger partial charge in [0.1, 0.15) is 5.65 Å². The van der Waals surface area contributed by atoms with Gasteiger partial charge >= 0.3 is 0 Å². The van der Waals surface area contributed by atoms with Crippen LogP contribution in [0.1, 0.15) is 41.9 Å². The molecule has 0 radical (unpaired) electrons. The summed E-state index contributed by atoms with van der Waals surface area (Å²) in [5.41, 5.74) is 1.96. The topological polar surface area (TPSA) is 54.7 Å². The van der Waals surface area contributed by atoms with Gasteiger partial charge in [-0.2, -0.15) is 0 Å². The zero-order chi connectivity index (χ0) is 14.1. The average Bonchev–Trinajstić information content (AvgIpc) is 3.13. The molecule has 0 N–H and O–H groups in total. The van der Waals surface area contributed by atoms with Gasteiger partial charge in [0.15, 0.2) is 6.29 Å². The summed E-state index contributed by atoms with van der Waals surface area (Å²) in [6.45, 7) is 3.56. The van der Waals surface area contributed by atoms with Gasteiger partial charge in [0.05, 0.1) is 17.3 Å². The van der Waals surface area contributed by atoms with Crippen molar-refractivity contribution in [3.63, 3.8) is 0 Å². The summed E-state index contributed by atoms with van der Waals surface area (Å²) in [7, 11) is 0. The van der Waals surface area contributed by atoms with Crippen molar-refractivity contribution < 1.29 is 9.59 Å². The molecule has 2 aromatic heterocycles. The Kier molecular flexibility index (Phi) is 3.26. The zero-order valence-corrected chi connectivity index (χ0v) is 11.5. The number of hydrogen-bond acceptors (Lipinski definition) is 3. The maximum Gasteiger partial charge on any atom is 0.231 e. The van der Waals surface area contributed by atoms with Crippen LogP contribution >= 0.6 is 0 Å². The van der Waals surface area contributed by atoms with E-state index in [4.69, 9.17) is 0 Å². The van der Waals surface area contributed by atoms with Gasteiger partial charge in [0.25, 0.3) is 0 Å². The second-order valence-electron chi connectivity index (χ2n) is 5.22. The summed E-state index contributed by atoms with van der Waals surface area (Å²) in [6, 6.07) is 5.37. The van der Waals surface area contributed by atoms with Crippen molar-refractivity contribution in [1.82, 2.24) is 14.3 Å². The molecule has 104 valence electrons. The zero-order valence-electron chi connectivity index (χ0n) is 11.5. The first kappa shape index (κ1) is 12.8. The second kappa shape index (κ2) is 5.07. The maximum absolute atomic E-state index is 12.4. The van der Waals surface area contributed by atoms with Crippen molar-refractivity contribution in [2.45, 2.75) is 25.7 Å². The van der Waals surface area contributed by atoms with E-state index in [0.717, 1.165) is 37.9 Å². The van der Waals surface area contributed by atoms with Crippen LogP contribution in [0.2, 0.25) is 0 Å². The number of carbonyl (C=O) groups excluding carboxylic acids is 2. The minimum absolute atomic E-state index is 0.124. The smallest absolute Gasteiger partial charge is 0.231 e. The third-order valence-electron chi connectivity index (χ3n) is 3.89. The standard InChI is InChI=1S/C15H17N3O2/c1-11(15(20)17-7-2-3-8-17)13-9-18-12(10-19)5-4-6-14(18)16-13/h4-6,9-11H,2-3,7-8H2,1H3. The average molecular weight is 271 g/mol. The molecule has 0 spiro atoms. The number of aromatic nitrogens is 2. The van der Waals surface area contributed by atoms with Crippen molar-refractivity contribution in [2.75, 3.05) is 13.1 Å². The summed E-state index contributed by atoms with van der Waals surface area (Å²) >= 11 is 0. The molecule has 1 aliphatic rings. The van der Waals surface area contributed by atoms with Crippen LogP contribution in [0.3, 0.4) is 0 Å². The predicted octanol–water partition coefficient (Wildman–Crippen LogP) is 1.87. The first-order valence-corrected chi connectivity index (χ1v) is 6.92. The van der Waals surface area contributed by atoms with E-state index in [-0.39, 0.29) is 11.8 Å². The van der Waals surface area contributed by atoms with Gasteiger partial charge < -0.3 is 4.90 Å². The Morgan fingerprint density at radius 3 is 2.80 bits per heavy atom. The summed E-state index contributed by atoms with van der Waals surface area (Å²) in [5.74, 6) is -0.147. The third kappa shape index (κ3) is 2.09. The summed E-state index contributed by atoms with van der Waals surface area (Å²) < 4.78 is 1.73. The molecule has 0 saturated carbocycles. The lowest BCUT2D eigenvalue weighted by Gasteiger charge is -2.18. The number of imidazole rings is 1. The first-order chi connectivity index (χ1) is 9.70. The van der Waals surface area contributed by atoms with Crippen molar-refractivity contribution in [2.24, 2.45) is 0 Å². The lowest BCUT2D eigenvalue weighted by Crippen LogP contribution is -2.31. The van der Waals surface area contributed by atoms with Crippen molar-refractivity contribution in [3.05, 3.63) is 35.8 Å². The Bertz CT molecular complexity index is 656. The number of nitrogens with zero attached hydrogens (tertiary/aromatic N) is 3. The predicted molar refractivity (Wildman–Crippen MR) is 74.8 cm³/mol. The fourth-order valence-corrected chi connectivity index (χ4v) is 2.69. The van der Waals surface area contributed by atoms with E-state index in [2.05, 4.69) is 4.98 Å². The van der Waals surface area contributed by atoms with Crippen LogP contribution in [-0.2, 0) is 4.79 Å². The van der Waals surface area contributed by atoms with Crippen LogP contribution < -0.4 is 0 Å². The highest BCUT2D eigenvalue weighted by Gasteiger charge is 2.26. The monoisotopic (exact) mass is 271 g/mol. The molecular formula is C15H17N3O2. The Labute approximate surface area is 117 Å². The molecule has 0 aliphatic carbocycles. The fraction of sp³-hybridized carbons (Fsp3) is 0.400. The molecule has 2 aromatic rings. The molecule has 1 amide bonds. The molecule has 0 aromatic carbocycles. The molecule has 1 aliphatic heterocycles. The van der Waals surface area contributed by atoms with E-state index in [1.54, 1.807) is 22.7 Å². The van der Waals surface area contributed by atoms with E-state index in [0.29, 0.717) is 11.3 Å². The number of fused-ring (bicyclic) bond motifs is 1. The van der Waals surface area contributed by atoms with Crippen LogP contribution in [0.5, 0.6) is 0 Å². The summed E-state index contributed by atoms with van der Waals surface area (Å²) in [4.78, 5) is 29.8. The molecule has 1 saturated heterocycles. The fourth-order valence-electron chi connectivity index (χ4n) is 2.69. The van der Waals surface area contributed by atoms with E-state index < -0.39 is 0 Å². The Morgan fingerprint density at radius 2 is 2.10 bits per heavy atom. The lowest BCUT2D eigenvalue weighted by atomic mass is 10.1. The van der Waals surface area contributed by atoms with Crippen LogP contribution in [0, 0.1) is 0 Å². The molecule has 3 rings (SSSR count). The van der Waals surface area contributed by atoms with E-state index in [1.165, 1.54) is 0 Å². The minimum atomic E-state index is -0.271. The number of pyridine rings is 1. The Balaban J connectivity index is 1.93. The second-order valence-corrected chi connectivity index (χ2v) is 5.22. The van der Waals surface area contributed by atoms with Gasteiger partial charge in [0, 0.05) is 19.3 Å². The number of hydrogen-bond donors (Lipinski definition) is 0. The van der Waals surface area contributed by atoms with Crippen molar-refractivity contribution in [3.8, 4) is 0 Å². The highest BCUT2D eigenvalue weighted by Crippen LogP contribution is 2.21. The molecule has 1 atom stereocenters. The molecule has 3 heterocycles. The van der Waals surface area contributed by atoms with Gasteiger partial charge in [-0.15, -0.1) is 0 Å². The molecule has 1 fully saturated rings. The minimum Gasteiger partial charge on any atom is -0.342 e. The number of amides is 1. The van der Waals surface area contributed by atoms with Gasteiger partial charge in [-0.25, -0.2) is 4.98 Å². The molecule has 5 nitrogen and oxygen atoms in total. The SMILES string of the molecule is CC(C(=O)N1CCCC1)c1cn2c(C=O)cccc2n1. The molecule has 20 heavy (non-hydrogen) atoms. The number of carbonyl (C=O) groups is 2.